The number of ether oxygens (including phenoxy) is 1. The molecule has 0 aromatic heterocycles. The minimum absolute atomic E-state index is 0.0608. The second kappa shape index (κ2) is 6.36. The minimum Gasteiger partial charge on any atom is -0.375 e. The first-order valence-corrected chi connectivity index (χ1v) is 6.63. The summed E-state index contributed by atoms with van der Waals surface area (Å²) in [5.74, 6) is 0.432. The Hall–Kier alpha value is -0.610. The van der Waals surface area contributed by atoms with Crippen molar-refractivity contribution in [1.29, 1.82) is 0 Å². The number of hydrogen-bond acceptors (Lipinski definition) is 3. The van der Waals surface area contributed by atoms with E-state index < -0.39 is 0 Å². The molecule has 0 saturated carbocycles. The zero-order valence-electron chi connectivity index (χ0n) is 11.5. The van der Waals surface area contributed by atoms with Gasteiger partial charge in [-0.1, -0.05) is 20.8 Å². The van der Waals surface area contributed by atoms with E-state index in [-0.39, 0.29) is 24.0 Å². The number of carbonyl (C=O) groups is 1. The molecular formula is C13H26N2O2. The summed E-state index contributed by atoms with van der Waals surface area (Å²) in [5.41, 5.74) is 5.72. The van der Waals surface area contributed by atoms with E-state index in [1.165, 1.54) is 0 Å². The average molecular weight is 242 g/mol. The second-order valence-electron chi connectivity index (χ2n) is 5.28. The third-order valence-corrected chi connectivity index (χ3v) is 3.60. The van der Waals surface area contributed by atoms with Crippen molar-refractivity contribution in [2.45, 2.75) is 46.3 Å². The Labute approximate surface area is 104 Å². The Kier molecular flexibility index (Phi) is 5.40. The Morgan fingerprint density at radius 2 is 2.18 bits per heavy atom. The van der Waals surface area contributed by atoms with Crippen LogP contribution in [0.1, 0.15) is 34.1 Å². The highest BCUT2D eigenvalue weighted by Gasteiger charge is 2.33. The fourth-order valence-corrected chi connectivity index (χ4v) is 2.32. The number of nitrogens with zero attached hydrogens (tertiary/aromatic N) is 1. The zero-order chi connectivity index (χ0) is 13.0. The number of amides is 1. The predicted molar refractivity (Wildman–Crippen MR) is 68.6 cm³/mol. The normalized spacial score (nSPS) is 27.3. The molecule has 0 spiro atoms. The van der Waals surface area contributed by atoms with Gasteiger partial charge in [0.2, 0.25) is 5.91 Å². The van der Waals surface area contributed by atoms with Crippen LogP contribution in [0.3, 0.4) is 0 Å². The van der Waals surface area contributed by atoms with Crippen LogP contribution in [0.2, 0.25) is 0 Å². The van der Waals surface area contributed by atoms with Crippen LogP contribution >= 0.6 is 0 Å². The highest BCUT2D eigenvalue weighted by molar-refractivity contribution is 5.79. The first-order chi connectivity index (χ1) is 8.01. The molecule has 1 fully saturated rings. The molecule has 0 aromatic carbocycles. The van der Waals surface area contributed by atoms with Crippen LogP contribution in [0.25, 0.3) is 0 Å². The second-order valence-corrected chi connectivity index (χ2v) is 5.28. The molecule has 0 aromatic rings. The molecule has 1 aliphatic heterocycles. The molecule has 4 nitrogen and oxygen atoms in total. The van der Waals surface area contributed by atoms with Crippen LogP contribution in [0.15, 0.2) is 0 Å². The van der Waals surface area contributed by atoms with Gasteiger partial charge in [0, 0.05) is 13.1 Å². The molecule has 2 N–H and O–H groups in total. The van der Waals surface area contributed by atoms with Gasteiger partial charge in [-0.3, -0.25) is 4.79 Å². The van der Waals surface area contributed by atoms with Gasteiger partial charge >= 0.3 is 0 Å². The quantitative estimate of drug-likeness (QED) is 0.807. The lowest BCUT2D eigenvalue weighted by Gasteiger charge is -2.40. The number of carbonyl (C=O) groups excluding carboxylic acids is 1. The van der Waals surface area contributed by atoms with Crippen molar-refractivity contribution in [1.82, 2.24) is 4.90 Å². The molecule has 1 aliphatic rings. The van der Waals surface area contributed by atoms with Gasteiger partial charge in [-0.05, 0) is 19.3 Å². The van der Waals surface area contributed by atoms with Crippen molar-refractivity contribution in [2.75, 3.05) is 19.7 Å². The molecule has 0 aliphatic carbocycles. The van der Waals surface area contributed by atoms with Gasteiger partial charge in [0.15, 0.2) is 0 Å². The Morgan fingerprint density at radius 1 is 1.53 bits per heavy atom. The standard InChI is InChI=1S/C13H26N2O2/c1-5-11-8-17-10(4)7-15(11)13(16)12(6-14)9(2)3/h9-12H,5-8,14H2,1-4H3. The Morgan fingerprint density at radius 3 is 2.65 bits per heavy atom. The predicted octanol–water partition coefficient (Wildman–Crippen LogP) is 1.24. The van der Waals surface area contributed by atoms with Crippen LogP contribution in [0, 0.1) is 11.8 Å². The van der Waals surface area contributed by atoms with Gasteiger partial charge in [-0.15, -0.1) is 0 Å². The number of hydrogen-bond donors (Lipinski definition) is 1. The molecule has 0 radical (unpaired) electrons. The molecule has 3 atom stereocenters. The van der Waals surface area contributed by atoms with E-state index in [1.54, 1.807) is 0 Å². The van der Waals surface area contributed by atoms with E-state index in [1.807, 2.05) is 11.8 Å². The number of morpholine rings is 1. The Bertz CT molecular complexity index is 256. The molecular weight excluding hydrogens is 216 g/mol. The summed E-state index contributed by atoms with van der Waals surface area (Å²) in [6, 6.07) is 0.214. The van der Waals surface area contributed by atoms with E-state index in [9.17, 15) is 4.79 Å². The van der Waals surface area contributed by atoms with Crippen LogP contribution in [-0.4, -0.2) is 42.6 Å². The van der Waals surface area contributed by atoms with Crippen molar-refractivity contribution in [2.24, 2.45) is 17.6 Å². The smallest absolute Gasteiger partial charge is 0.227 e. The molecule has 17 heavy (non-hydrogen) atoms. The van der Waals surface area contributed by atoms with Crippen molar-refractivity contribution in [3.8, 4) is 0 Å². The molecule has 1 rings (SSSR count). The van der Waals surface area contributed by atoms with Crippen molar-refractivity contribution < 1.29 is 9.53 Å². The maximum absolute atomic E-state index is 12.5. The van der Waals surface area contributed by atoms with E-state index >= 15 is 0 Å². The topological polar surface area (TPSA) is 55.6 Å². The van der Waals surface area contributed by atoms with Crippen molar-refractivity contribution in [3.63, 3.8) is 0 Å². The van der Waals surface area contributed by atoms with Crippen LogP contribution in [0.4, 0.5) is 0 Å². The van der Waals surface area contributed by atoms with E-state index in [0.717, 1.165) is 6.42 Å². The SMILES string of the molecule is CCC1COC(C)CN1C(=O)C(CN)C(C)C. The van der Waals surface area contributed by atoms with Crippen LogP contribution < -0.4 is 5.73 Å². The molecule has 1 amide bonds. The summed E-state index contributed by atoms with van der Waals surface area (Å²) < 4.78 is 5.61. The lowest BCUT2D eigenvalue weighted by Crippen LogP contribution is -2.54. The fraction of sp³-hybridized carbons (Fsp3) is 0.923. The maximum atomic E-state index is 12.5. The number of nitrogens with two attached hydrogens (primary N) is 1. The highest BCUT2D eigenvalue weighted by Crippen LogP contribution is 2.20. The summed E-state index contributed by atoms with van der Waals surface area (Å²) >= 11 is 0. The average Bonchev–Trinajstić information content (AvgIpc) is 2.29. The number of rotatable bonds is 4. The van der Waals surface area contributed by atoms with Crippen molar-refractivity contribution >= 4 is 5.91 Å². The lowest BCUT2D eigenvalue weighted by atomic mass is 9.93. The fourth-order valence-electron chi connectivity index (χ4n) is 2.32. The molecule has 0 bridgehead atoms. The molecule has 100 valence electrons. The summed E-state index contributed by atoms with van der Waals surface area (Å²) in [7, 11) is 0. The maximum Gasteiger partial charge on any atom is 0.227 e. The van der Waals surface area contributed by atoms with E-state index in [4.69, 9.17) is 10.5 Å². The van der Waals surface area contributed by atoms with Crippen LogP contribution in [-0.2, 0) is 9.53 Å². The minimum atomic E-state index is -0.0608. The summed E-state index contributed by atoms with van der Waals surface area (Å²) in [6.45, 7) is 9.99. The highest BCUT2D eigenvalue weighted by atomic mass is 16.5. The van der Waals surface area contributed by atoms with Gasteiger partial charge in [-0.2, -0.15) is 0 Å². The van der Waals surface area contributed by atoms with E-state index in [2.05, 4.69) is 20.8 Å². The monoisotopic (exact) mass is 242 g/mol. The van der Waals surface area contributed by atoms with Gasteiger partial charge in [0.25, 0.3) is 0 Å². The molecule has 3 unspecified atom stereocenters. The first kappa shape index (κ1) is 14.5. The summed E-state index contributed by atoms with van der Waals surface area (Å²) in [4.78, 5) is 14.5. The first-order valence-electron chi connectivity index (χ1n) is 6.63. The molecule has 4 heteroatoms. The van der Waals surface area contributed by atoms with Crippen LogP contribution in [0.5, 0.6) is 0 Å². The van der Waals surface area contributed by atoms with Crippen molar-refractivity contribution in [3.05, 3.63) is 0 Å². The summed E-state index contributed by atoms with van der Waals surface area (Å²) in [6.07, 6.45) is 1.07. The van der Waals surface area contributed by atoms with Gasteiger partial charge in [0.05, 0.1) is 24.7 Å². The lowest BCUT2D eigenvalue weighted by molar-refractivity contribution is -0.149. The van der Waals surface area contributed by atoms with Gasteiger partial charge in [0.1, 0.15) is 0 Å². The van der Waals surface area contributed by atoms with Gasteiger partial charge < -0.3 is 15.4 Å². The third-order valence-electron chi connectivity index (χ3n) is 3.60. The van der Waals surface area contributed by atoms with E-state index in [0.29, 0.717) is 25.6 Å². The third kappa shape index (κ3) is 3.42. The molecule has 1 heterocycles. The largest absolute Gasteiger partial charge is 0.375 e. The van der Waals surface area contributed by atoms with Gasteiger partial charge in [-0.25, -0.2) is 0 Å². The molecule has 1 saturated heterocycles. The Balaban J connectivity index is 2.76. The zero-order valence-corrected chi connectivity index (χ0v) is 11.5. The summed E-state index contributed by atoms with van der Waals surface area (Å²) in [5, 5.41) is 0.